The number of thiazole rings is 1. The number of nitrogens with zero attached hydrogens (tertiary/aromatic N) is 5. The molecule has 0 atom stereocenters. The summed E-state index contributed by atoms with van der Waals surface area (Å²) in [4.78, 5) is 15.5. The molecule has 1 aliphatic heterocycles. The van der Waals surface area contributed by atoms with E-state index < -0.39 is 0 Å². The number of ether oxygens (including phenoxy) is 1. The molecule has 1 aromatic heterocycles. The minimum atomic E-state index is 0.652. The molecule has 22 heavy (non-hydrogen) atoms. The number of guanidine groups is 1. The van der Waals surface area contributed by atoms with Crippen LogP contribution in [0.25, 0.3) is 0 Å². The van der Waals surface area contributed by atoms with Gasteiger partial charge in [-0.2, -0.15) is 0 Å². The van der Waals surface area contributed by atoms with E-state index in [-0.39, 0.29) is 0 Å². The minimum Gasteiger partial charge on any atom is -0.383 e. The molecule has 7 nitrogen and oxygen atoms in total. The van der Waals surface area contributed by atoms with Crippen molar-refractivity contribution in [3.05, 3.63) is 11.6 Å². The number of methoxy groups -OCH3 is 1. The van der Waals surface area contributed by atoms with Crippen molar-refractivity contribution < 1.29 is 4.74 Å². The first-order valence-electron chi connectivity index (χ1n) is 7.57. The molecule has 1 aromatic rings. The average molecular weight is 326 g/mol. The Bertz CT molecular complexity index is 444. The predicted octanol–water partition coefficient (Wildman–Crippen LogP) is 0.158. The number of hydrogen-bond donors (Lipinski definition) is 1. The van der Waals surface area contributed by atoms with Crippen LogP contribution >= 0.6 is 11.3 Å². The Morgan fingerprint density at radius 1 is 1.41 bits per heavy atom. The summed E-state index contributed by atoms with van der Waals surface area (Å²) in [5, 5.41) is 3.10. The fourth-order valence-corrected chi connectivity index (χ4v) is 2.99. The Morgan fingerprint density at radius 2 is 2.18 bits per heavy atom. The highest BCUT2D eigenvalue weighted by Crippen LogP contribution is 2.18. The monoisotopic (exact) mass is 326 g/mol. The number of aromatic nitrogens is 1. The summed E-state index contributed by atoms with van der Waals surface area (Å²) >= 11 is 1.68. The van der Waals surface area contributed by atoms with Crippen molar-refractivity contribution in [3.63, 3.8) is 0 Å². The summed E-state index contributed by atoms with van der Waals surface area (Å²) in [5.41, 5.74) is 6.10. The lowest BCUT2D eigenvalue weighted by Crippen LogP contribution is -2.51. The second-order valence-corrected chi connectivity index (χ2v) is 6.20. The standard InChI is InChI=1S/C14H26N6OS/c1-18(10-11-21-2)5-3-16-13(15)19-6-8-20(9-7-19)14-17-4-12-22-14/h4,12H,3,5-11H2,1-2H3,(H2,15,16). The highest BCUT2D eigenvalue weighted by atomic mass is 32.1. The van der Waals surface area contributed by atoms with Crippen LogP contribution in [0, 0.1) is 0 Å². The van der Waals surface area contributed by atoms with Crippen LogP contribution in [0.5, 0.6) is 0 Å². The van der Waals surface area contributed by atoms with Crippen molar-refractivity contribution in [2.75, 3.05) is 71.5 Å². The zero-order valence-corrected chi connectivity index (χ0v) is 14.3. The number of hydrogen-bond acceptors (Lipinski definition) is 6. The van der Waals surface area contributed by atoms with Gasteiger partial charge in [0.15, 0.2) is 11.1 Å². The number of likely N-dealkylation sites (N-methyl/N-ethyl adjacent to an activating group) is 1. The maximum atomic E-state index is 6.10. The van der Waals surface area contributed by atoms with Crippen LogP contribution in [0.15, 0.2) is 16.6 Å². The van der Waals surface area contributed by atoms with Gasteiger partial charge in [0.25, 0.3) is 0 Å². The molecule has 0 unspecified atom stereocenters. The highest BCUT2D eigenvalue weighted by Gasteiger charge is 2.19. The van der Waals surface area contributed by atoms with E-state index in [1.54, 1.807) is 18.4 Å². The molecule has 2 rings (SSSR count). The van der Waals surface area contributed by atoms with Crippen LogP contribution in [0.2, 0.25) is 0 Å². The van der Waals surface area contributed by atoms with E-state index >= 15 is 0 Å². The molecule has 0 spiro atoms. The lowest BCUT2D eigenvalue weighted by Gasteiger charge is -2.35. The molecule has 1 saturated heterocycles. The molecule has 2 heterocycles. The normalized spacial score (nSPS) is 16.6. The van der Waals surface area contributed by atoms with Crippen molar-refractivity contribution in [2.45, 2.75) is 0 Å². The quantitative estimate of drug-likeness (QED) is 0.568. The predicted molar refractivity (Wildman–Crippen MR) is 91.8 cm³/mol. The number of anilines is 1. The van der Waals surface area contributed by atoms with Crippen molar-refractivity contribution in [1.29, 1.82) is 0 Å². The first-order valence-corrected chi connectivity index (χ1v) is 8.45. The largest absolute Gasteiger partial charge is 0.383 e. The van der Waals surface area contributed by atoms with Gasteiger partial charge in [-0.15, -0.1) is 11.3 Å². The Morgan fingerprint density at radius 3 is 2.82 bits per heavy atom. The van der Waals surface area contributed by atoms with Gasteiger partial charge in [-0.05, 0) is 7.05 Å². The summed E-state index contributed by atoms with van der Waals surface area (Å²) in [7, 11) is 3.78. The van der Waals surface area contributed by atoms with Crippen LogP contribution in [0.4, 0.5) is 5.13 Å². The Hall–Kier alpha value is -1.38. The number of rotatable bonds is 7. The van der Waals surface area contributed by atoms with Crippen LogP contribution in [0.1, 0.15) is 0 Å². The first-order chi connectivity index (χ1) is 10.7. The Kier molecular flexibility index (Phi) is 6.88. The van der Waals surface area contributed by atoms with Gasteiger partial charge >= 0.3 is 0 Å². The SMILES string of the molecule is COCCN(C)CCN=C(N)N1CCN(c2nccs2)CC1. The van der Waals surface area contributed by atoms with Crippen LogP contribution in [-0.4, -0.2) is 87.3 Å². The van der Waals surface area contributed by atoms with Crippen LogP contribution in [0.3, 0.4) is 0 Å². The third-order valence-corrected chi connectivity index (χ3v) is 4.56. The molecule has 0 aromatic carbocycles. The maximum absolute atomic E-state index is 6.10. The van der Waals surface area contributed by atoms with Crippen molar-refractivity contribution >= 4 is 22.4 Å². The molecule has 1 fully saturated rings. The van der Waals surface area contributed by atoms with E-state index in [0.717, 1.165) is 57.6 Å². The van der Waals surface area contributed by atoms with Gasteiger partial charge in [-0.1, -0.05) is 0 Å². The lowest BCUT2D eigenvalue weighted by molar-refractivity contribution is 0.163. The van der Waals surface area contributed by atoms with Crippen LogP contribution in [-0.2, 0) is 4.74 Å². The van der Waals surface area contributed by atoms with E-state index in [9.17, 15) is 0 Å². The van der Waals surface area contributed by atoms with Crippen LogP contribution < -0.4 is 10.6 Å². The zero-order valence-electron chi connectivity index (χ0n) is 13.4. The summed E-state index contributed by atoms with van der Waals surface area (Å²) in [6.07, 6.45) is 1.85. The molecule has 1 aliphatic rings. The van der Waals surface area contributed by atoms with Crippen molar-refractivity contribution in [1.82, 2.24) is 14.8 Å². The second kappa shape index (κ2) is 8.92. The third kappa shape index (κ3) is 5.11. The summed E-state index contributed by atoms with van der Waals surface area (Å²) < 4.78 is 5.06. The van der Waals surface area contributed by atoms with E-state index in [1.807, 2.05) is 11.6 Å². The molecular weight excluding hydrogens is 300 g/mol. The molecule has 0 amide bonds. The molecule has 0 radical (unpaired) electrons. The van der Waals surface area contributed by atoms with E-state index in [2.05, 4.69) is 31.7 Å². The van der Waals surface area contributed by atoms with Crippen molar-refractivity contribution in [3.8, 4) is 0 Å². The topological polar surface area (TPSA) is 70.2 Å². The van der Waals surface area contributed by atoms with Gasteiger partial charge in [0.2, 0.25) is 0 Å². The summed E-state index contributed by atoms with van der Waals surface area (Å²) in [5.74, 6) is 0.652. The first kappa shape index (κ1) is 17.0. The third-order valence-electron chi connectivity index (χ3n) is 3.73. The number of piperazine rings is 1. The Balaban J connectivity index is 1.70. The summed E-state index contributed by atoms with van der Waals surface area (Å²) in [6.45, 7) is 6.95. The lowest BCUT2D eigenvalue weighted by atomic mass is 10.3. The van der Waals surface area contributed by atoms with Gasteiger partial charge in [-0.3, -0.25) is 4.99 Å². The van der Waals surface area contributed by atoms with Gasteiger partial charge in [-0.25, -0.2) is 4.98 Å². The Labute approximate surface area is 136 Å². The molecule has 0 bridgehead atoms. The fraction of sp³-hybridized carbons (Fsp3) is 0.714. The minimum absolute atomic E-state index is 0.652. The van der Waals surface area contributed by atoms with E-state index in [4.69, 9.17) is 10.5 Å². The number of nitrogens with two attached hydrogens (primary N) is 1. The van der Waals surface area contributed by atoms with Crippen molar-refractivity contribution in [2.24, 2.45) is 10.7 Å². The van der Waals surface area contributed by atoms with E-state index in [0.29, 0.717) is 5.96 Å². The number of aliphatic imine (C=N–C) groups is 1. The fourth-order valence-electron chi connectivity index (χ4n) is 2.29. The van der Waals surface area contributed by atoms with Gasteiger partial charge in [0.1, 0.15) is 0 Å². The van der Waals surface area contributed by atoms with Gasteiger partial charge in [0.05, 0.1) is 13.2 Å². The molecule has 0 aliphatic carbocycles. The molecule has 2 N–H and O–H groups in total. The smallest absolute Gasteiger partial charge is 0.191 e. The molecule has 0 saturated carbocycles. The van der Waals surface area contributed by atoms with E-state index in [1.165, 1.54) is 0 Å². The van der Waals surface area contributed by atoms with Gasteiger partial charge in [0, 0.05) is 58.0 Å². The zero-order chi connectivity index (χ0) is 15.8. The molecule has 8 heteroatoms. The average Bonchev–Trinajstić information content (AvgIpc) is 3.07. The summed E-state index contributed by atoms with van der Waals surface area (Å²) in [6, 6.07) is 0. The highest BCUT2D eigenvalue weighted by molar-refractivity contribution is 7.13. The second-order valence-electron chi connectivity index (χ2n) is 5.32. The molecule has 124 valence electrons. The maximum Gasteiger partial charge on any atom is 0.191 e. The van der Waals surface area contributed by atoms with Gasteiger partial charge < -0.3 is 25.2 Å². The molecular formula is C14H26N6OS.